The molecule has 0 radical (unpaired) electrons. The fourth-order valence-electron chi connectivity index (χ4n) is 2.14. The van der Waals surface area contributed by atoms with Crippen molar-refractivity contribution >= 4 is 10.9 Å². The number of pyridine rings is 1. The molecule has 0 fully saturated rings. The minimum Gasteiger partial charge on any atom is -0.392 e. The molecule has 0 spiro atoms. The lowest BCUT2D eigenvalue weighted by Gasteiger charge is -2.06. The maximum Gasteiger partial charge on any atom is 0.0706 e. The molecule has 2 heteroatoms. The first-order valence-electron chi connectivity index (χ1n) is 5.92. The van der Waals surface area contributed by atoms with E-state index in [0.29, 0.717) is 0 Å². The van der Waals surface area contributed by atoms with Gasteiger partial charge in [-0.1, -0.05) is 42.5 Å². The monoisotopic (exact) mass is 235 g/mol. The zero-order valence-electron chi connectivity index (χ0n) is 9.88. The van der Waals surface area contributed by atoms with Crippen molar-refractivity contribution in [1.82, 2.24) is 4.98 Å². The lowest BCUT2D eigenvalue weighted by Crippen LogP contribution is -1.89. The molecule has 3 aromatic rings. The van der Waals surface area contributed by atoms with Gasteiger partial charge in [-0.2, -0.15) is 0 Å². The van der Waals surface area contributed by atoms with Crippen LogP contribution < -0.4 is 0 Å². The summed E-state index contributed by atoms with van der Waals surface area (Å²) < 4.78 is 0. The molecule has 0 saturated heterocycles. The number of aromatic nitrogens is 1. The van der Waals surface area contributed by atoms with Gasteiger partial charge in [0.1, 0.15) is 0 Å². The number of fused-ring (bicyclic) bond motifs is 1. The Bertz CT molecular complexity index is 677. The van der Waals surface area contributed by atoms with Crippen LogP contribution in [0.5, 0.6) is 0 Å². The van der Waals surface area contributed by atoms with Crippen molar-refractivity contribution in [3.8, 4) is 11.1 Å². The second kappa shape index (κ2) is 4.59. The summed E-state index contributed by atoms with van der Waals surface area (Å²) in [5.41, 5.74) is 4.04. The van der Waals surface area contributed by atoms with E-state index in [1.807, 2.05) is 42.6 Å². The number of aliphatic hydroxyl groups is 1. The van der Waals surface area contributed by atoms with E-state index in [1.54, 1.807) is 0 Å². The Balaban J connectivity index is 2.22. The van der Waals surface area contributed by atoms with Crippen molar-refractivity contribution in [1.29, 1.82) is 0 Å². The van der Waals surface area contributed by atoms with E-state index in [9.17, 15) is 5.11 Å². The molecule has 2 aromatic carbocycles. The molecule has 1 heterocycles. The molecular weight excluding hydrogens is 222 g/mol. The van der Waals surface area contributed by atoms with E-state index in [4.69, 9.17) is 0 Å². The van der Waals surface area contributed by atoms with Gasteiger partial charge in [-0.05, 0) is 23.3 Å². The highest BCUT2D eigenvalue weighted by Crippen LogP contribution is 2.24. The zero-order valence-corrected chi connectivity index (χ0v) is 9.88. The standard InChI is InChI=1S/C16H13NO/c18-11-13-7-4-8-16-15(13)9-14(10-17-16)12-5-2-1-3-6-12/h1-10,18H,11H2. The summed E-state index contributed by atoms with van der Waals surface area (Å²) in [6.07, 6.45) is 1.87. The van der Waals surface area contributed by atoms with Crippen LogP contribution in [-0.2, 0) is 6.61 Å². The van der Waals surface area contributed by atoms with E-state index < -0.39 is 0 Å². The smallest absolute Gasteiger partial charge is 0.0706 e. The third-order valence-corrected chi connectivity index (χ3v) is 3.09. The van der Waals surface area contributed by atoms with Crippen LogP contribution in [-0.4, -0.2) is 10.1 Å². The topological polar surface area (TPSA) is 33.1 Å². The van der Waals surface area contributed by atoms with Gasteiger partial charge in [0.15, 0.2) is 0 Å². The highest BCUT2D eigenvalue weighted by atomic mass is 16.3. The molecule has 0 bridgehead atoms. The zero-order chi connectivity index (χ0) is 12.4. The Morgan fingerprint density at radius 1 is 0.889 bits per heavy atom. The molecule has 0 unspecified atom stereocenters. The SMILES string of the molecule is OCc1cccc2ncc(-c3ccccc3)cc12. The summed E-state index contributed by atoms with van der Waals surface area (Å²) in [4.78, 5) is 4.46. The maximum atomic E-state index is 9.37. The Morgan fingerprint density at radius 3 is 2.50 bits per heavy atom. The molecule has 0 aliphatic heterocycles. The van der Waals surface area contributed by atoms with Crippen LogP contribution in [0.15, 0.2) is 60.8 Å². The van der Waals surface area contributed by atoms with E-state index >= 15 is 0 Å². The fraction of sp³-hybridized carbons (Fsp3) is 0.0625. The van der Waals surface area contributed by atoms with Gasteiger partial charge >= 0.3 is 0 Å². The van der Waals surface area contributed by atoms with Crippen LogP contribution in [0, 0.1) is 0 Å². The van der Waals surface area contributed by atoms with Crippen molar-refractivity contribution in [3.63, 3.8) is 0 Å². The predicted molar refractivity (Wildman–Crippen MR) is 73.1 cm³/mol. The van der Waals surface area contributed by atoms with Crippen molar-refractivity contribution in [2.75, 3.05) is 0 Å². The Labute approximate surface area is 106 Å². The van der Waals surface area contributed by atoms with Crippen molar-refractivity contribution in [2.45, 2.75) is 6.61 Å². The lowest BCUT2D eigenvalue weighted by molar-refractivity contribution is 0.283. The molecule has 1 N–H and O–H groups in total. The first kappa shape index (κ1) is 10.9. The molecule has 0 amide bonds. The molecule has 1 aromatic heterocycles. The van der Waals surface area contributed by atoms with Crippen LogP contribution in [0.25, 0.3) is 22.0 Å². The summed E-state index contributed by atoms with van der Waals surface area (Å²) in [6, 6.07) is 18.0. The van der Waals surface area contributed by atoms with Gasteiger partial charge < -0.3 is 5.11 Å². The molecule has 3 rings (SSSR count). The van der Waals surface area contributed by atoms with Gasteiger partial charge in [-0.3, -0.25) is 4.98 Å². The van der Waals surface area contributed by atoms with Crippen LogP contribution >= 0.6 is 0 Å². The van der Waals surface area contributed by atoms with Crippen molar-refractivity contribution < 1.29 is 5.11 Å². The summed E-state index contributed by atoms with van der Waals surface area (Å²) in [5.74, 6) is 0. The summed E-state index contributed by atoms with van der Waals surface area (Å²) >= 11 is 0. The molecule has 0 saturated carbocycles. The first-order valence-corrected chi connectivity index (χ1v) is 5.92. The maximum absolute atomic E-state index is 9.37. The second-order valence-electron chi connectivity index (χ2n) is 4.23. The van der Waals surface area contributed by atoms with Crippen molar-refractivity contribution in [2.24, 2.45) is 0 Å². The minimum absolute atomic E-state index is 0.0390. The van der Waals surface area contributed by atoms with Crippen LogP contribution in [0.2, 0.25) is 0 Å². The highest BCUT2D eigenvalue weighted by molar-refractivity contribution is 5.86. The average Bonchev–Trinajstić information content (AvgIpc) is 2.47. The number of hydrogen-bond donors (Lipinski definition) is 1. The number of benzene rings is 2. The van der Waals surface area contributed by atoms with Crippen LogP contribution in [0.4, 0.5) is 0 Å². The van der Waals surface area contributed by atoms with Crippen molar-refractivity contribution in [3.05, 3.63) is 66.4 Å². The minimum atomic E-state index is 0.0390. The molecular formula is C16H13NO. The number of hydrogen-bond acceptors (Lipinski definition) is 2. The van der Waals surface area contributed by atoms with Crippen LogP contribution in [0.3, 0.4) is 0 Å². The van der Waals surface area contributed by atoms with Gasteiger partial charge in [0, 0.05) is 17.1 Å². The normalized spacial score (nSPS) is 10.7. The van der Waals surface area contributed by atoms with Gasteiger partial charge in [0.05, 0.1) is 12.1 Å². The molecule has 18 heavy (non-hydrogen) atoms. The first-order chi connectivity index (χ1) is 8.88. The van der Waals surface area contributed by atoms with Gasteiger partial charge in [0.25, 0.3) is 0 Å². The predicted octanol–water partition coefficient (Wildman–Crippen LogP) is 3.39. The average molecular weight is 235 g/mol. The Kier molecular flexibility index (Phi) is 2.79. The summed E-state index contributed by atoms with van der Waals surface area (Å²) in [6.45, 7) is 0.0390. The van der Waals surface area contributed by atoms with E-state index in [0.717, 1.165) is 27.6 Å². The van der Waals surface area contributed by atoms with Gasteiger partial charge in [-0.25, -0.2) is 0 Å². The molecule has 0 aliphatic carbocycles. The molecule has 2 nitrogen and oxygen atoms in total. The van der Waals surface area contributed by atoms with Gasteiger partial charge in [0.2, 0.25) is 0 Å². The molecule has 0 atom stereocenters. The molecule has 0 aliphatic rings. The second-order valence-corrected chi connectivity index (χ2v) is 4.23. The fourth-order valence-corrected chi connectivity index (χ4v) is 2.14. The summed E-state index contributed by atoms with van der Waals surface area (Å²) in [7, 11) is 0. The van der Waals surface area contributed by atoms with E-state index in [1.165, 1.54) is 0 Å². The highest BCUT2D eigenvalue weighted by Gasteiger charge is 2.03. The Morgan fingerprint density at radius 2 is 1.72 bits per heavy atom. The third-order valence-electron chi connectivity index (χ3n) is 3.09. The van der Waals surface area contributed by atoms with E-state index in [2.05, 4.69) is 23.2 Å². The Hall–Kier alpha value is -2.19. The number of rotatable bonds is 2. The van der Waals surface area contributed by atoms with Gasteiger partial charge in [-0.15, -0.1) is 0 Å². The van der Waals surface area contributed by atoms with E-state index in [-0.39, 0.29) is 6.61 Å². The number of aliphatic hydroxyl groups excluding tert-OH is 1. The molecule has 88 valence electrons. The number of nitrogens with zero attached hydrogens (tertiary/aromatic N) is 1. The summed E-state index contributed by atoms with van der Waals surface area (Å²) in [5, 5.41) is 10.4. The lowest BCUT2D eigenvalue weighted by atomic mass is 10.0. The largest absolute Gasteiger partial charge is 0.392 e. The van der Waals surface area contributed by atoms with Crippen LogP contribution in [0.1, 0.15) is 5.56 Å². The quantitative estimate of drug-likeness (QED) is 0.738. The third kappa shape index (κ3) is 1.87.